The van der Waals surface area contributed by atoms with Gasteiger partial charge in [0.25, 0.3) is 0 Å². The number of rotatable bonds is 12. The predicted molar refractivity (Wildman–Crippen MR) is 132 cm³/mol. The van der Waals surface area contributed by atoms with Crippen LogP contribution in [0.4, 0.5) is 0 Å². The summed E-state index contributed by atoms with van der Waals surface area (Å²) in [6.07, 6.45) is 1.52. The number of methoxy groups -OCH3 is 1. The molecule has 8 heteroatoms. The summed E-state index contributed by atoms with van der Waals surface area (Å²) in [6, 6.07) is 11.8. The molecular weight excluding hydrogens is 463 g/mol. The van der Waals surface area contributed by atoms with Crippen molar-refractivity contribution >= 4 is 35.0 Å². The van der Waals surface area contributed by atoms with Crippen molar-refractivity contribution in [2.45, 2.75) is 58.7 Å². The Hall–Kier alpha value is -2.44. The van der Waals surface area contributed by atoms with E-state index in [4.69, 9.17) is 32.7 Å². The van der Waals surface area contributed by atoms with Crippen LogP contribution in [0.1, 0.15) is 45.6 Å². The number of ether oxygens (including phenoxy) is 2. The molecule has 0 aliphatic carbocycles. The van der Waals surface area contributed by atoms with Gasteiger partial charge >= 0.3 is 0 Å². The monoisotopic (exact) mass is 494 g/mol. The average Bonchev–Trinajstić information content (AvgIpc) is 2.81. The van der Waals surface area contributed by atoms with Crippen LogP contribution in [0.2, 0.25) is 10.0 Å². The summed E-state index contributed by atoms with van der Waals surface area (Å²) in [5, 5.41) is 3.86. The van der Waals surface area contributed by atoms with Crippen molar-refractivity contribution in [1.29, 1.82) is 0 Å². The van der Waals surface area contributed by atoms with E-state index in [9.17, 15) is 9.59 Å². The molecule has 0 spiro atoms. The van der Waals surface area contributed by atoms with Crippen molar-refractivity contribution in [3.63, 3.8) is 0 Å². The second-order valence-corrected chi connectivity index (χ2v) is 8.66. The van der Waals surface area contributed by atoms with Gasteiger partial charge in [0.05, 0.1) is 13.7 Å². The lowest BCUT2D eigenvalue weighted by molar-refractivity contribution is -0.141. The molecule has 0 bridgehead atoms. The molecule has 0 fully saturated rings. The molecule has 33 heavy (non-hydrogen) atoms. The minimum absolute atomic E-state index is 0.0127. The van der Waals surface area contributed by atoms with Crippen LogP contribution in [0.15, 0.2) is 42.5 Å². The van der Waals surface area contributed by atoms with Crippen LogP contribution in [0.5, 0.6) is 11.5 Å². The van der Waals surface area contributed by atoms with Crippen molar-refractivity contribution < 1.29 is 19.1 Å². The largest absolute Gasteiger partial charge is 0.497 e. The van der Waals surface area contributed by atoms with Crippen LogP contribution >= 0.6 is 23.2 Å². The number of halogens is 2. The van der Waals surface area contributed by atoms with Crippen LogP contribution in [-0.4, -0.2) is 42.5 Å². The fourth-order valence-electron chi connectivity index (χ4n) is 3.13. The van der Waals surface area contributed by atoms with Crippen LogP contribution < -0.4 is 14.8 Å². The Labute approximate surface area is 206 Å². The van der Waals surface area contributed by atoms with Crippen LogP contribution in [0.3, 0.4) is 0 Å². The van der Waals surface area contributed by atoms with Crippen molar-refractivity contribution in [2.24, 2.45) is 0 Å². The second kappa shape index (κ2) is 13.3. The maximum atomic E-state index is 13.2. The molecule has 0 aliphatic rings. The maximum absolute atomic E-state index is 13.2. The van der Waals surface area contributed by atoms with Gasteiger partial charge in [-0.1, -0.05) is 36.2 Å². The molecule has 0 unspecified atom stereocenters. The number of carbonyl (C=O) groups is 2. The quantitative estimate of drug-likeness (QED) is 0.396. The Morgan fingerprint density at radius 3 is 2.21 bits per heavy atom. The van der Waals surface area contributed by atoms with Gasteiger partial charge in [0.15, 0.2) is 0 Å². The molecule has 0 aromatic heterocycles. The Morgan fingerprint density at radius 1 is 1.03 bits per heavy atom. The number of hydrogen-bond donors (Lipinski definition) is 1. The fourth-order valence-corrected chi connectivity index (χ4v) is 3.65. The van der Waals surface area contributed by atoms with Gasteiger partial charge in [-0.05, 0) is 63.1 Å². The summed E-state index contributed by atoms with van der Waals surface area (Å²) in [4.78, 5) is 27.5. The number of nitrogens with zero attached hydrogens (tertiary/aromatic N) is 1. The second-order valence-electron chi connectivity index (χ2n) is 7.84. The minimum atomic E-state index is -0.679. The van der Waals surface area contributed by atoms with E-state index in [-0.39, 0.29) is 30.8 Å². The zero-order valence-corrected chi connectivity index (χ0v) is 21.1. The molecule has 6 nitrogen and oxygen atoms in total. The maximum Gasteiger partial charge on any atom is 0.242 e. The minimum Gasteiger partial charge on any atom is -0.497 e. The normalized spacial score (nSPS) is 12.5. The average molecular weight is 495 g/mol. The SMILES string of the molecule is CC[C@H](C)NC(=O)[C@H](C)N(Cc1c(Cl)cccc1Cl)C(=O)CCCOc1ccc(OC)cc1. The highest BCUT2D eigenvalue weighted by Gasteiger charge is 2.27. The van der Waals surface area contributed by atoms with Gasteiger partial charge in [-0.15, -0.1) is 0 Å². The number of carbonyl (C=O) groups excluding carboxylic acids is 2. The Balaban J connectivity index is 2.05. The third-order valence-corrected chi connectivity index (χ3v) is 6.13. The number of benzene rings is 2. The molecule has 0 saturated carbocycles. The van der Waals surface area contributed by atoms with Crippen LogP contribution in [0, 0.1) is 0 Å². The molecule has 0 saturated heterocycles. The van der Waals surface area contributed by atoms with Gasteiger partial charge in [-0.3, -0.25) is 9.59 Å². The van der Waals surface area contributed by atoms with Gasteiger partial charge in [-0.25, -0.2) is 0 Å². The van der Waals surface area contributed by atoms with E-state index in [1.165, 1.54) is 4.90 Å². The van der Waals surface area contributed by atoms with E-state index in [1.54, 1.807) is 32.2 Å². The Kier molecular flexibility index (Phi) is 10.8. The molecule has 180 valence electrons. The first-order chi connectivity index (χ1) is 15.8. The zero-order chi connectivity index (χ0) is 24.4. The summed E-state index contributed by atoms with van der Waals surface area (Å²) in [5.74, 6) is 1.06. The molecule has 0 radical (unpaired) electrons. The first-order valence-corrected chi connectivity index (χ1v) is 11.8. The lowest BCUT2D eigenvalue weighted by Crippen LogP contribution is -2.49. The summed E-state index contributed by atoms with van der Waals surface area (Å²) >= 11 is 12.7. The molecule has 1 N–H and O–H groups in total. The summed E-state index contributed by atoms with van der Waals surface area (Å²) < 4.78 is 10.9. The Morgan fingerprint density at radius 2 is 1.64 bits per heavy atom. The van der Waals surface area contributed by atoms with Gasteiger partial charge in [-0.2, -0.15) is 0 Å². The van der Waals surface area contributed by atoms with Gasteiger partial charge in [0, 0.05) is 34.6 Å². The highest BCUT2D eigenvalue weighted by Crippen LogP contribution is 2.27. The van der Waals surface area contributed by atoms with Gasteiger partial charge in [0.2, 0.25) is 11.8 Å². The van der Waals surface area contributed by atoms with E-state index in [0.29, 0.717) is 34.4 Å². The molecular formula is C25H32Cl2N2O4. The van der Waals surface area contributed by atoms with Crippen molar-refractivity contribution in [2.75, 3.05) is 13.7 Å². The predicted octanol–water partition coefficient (Wildman–Crippen LogP) is 5.49. The Bertz CT molecular complexity index is 901. The standard InChI is InChI=1S/C25H32Cl2N2O4/c1-5-17(2)28-25(31)18(3)29(16-21-22(26)8-6-9-23(21)27)24(30)10-7-15-33-20-13-11-19(32-4)12-14-20/h6,8-9,11-14,17-18H,5,7,10,15-16H2,1-4H3,(H,28,31)/t17-,18-/m0/s1. The van der Waals surface area contributed by atoms with E-state index >= 15 is 0 Å². The topological polar surface area (TPSA) is 67.9 Å². The van der Waals surface area contributed by atoms with Crippen LogP contribution in [-0.2, 0) is 16.1 Å². The molecule has 2 atom stereocenters. The lowest BCUT2D eigenvalue weighted by atomic mass is 10.1. The van der Waals surface area contributed by atoms with Crippen molar-refractivity contribution in [1.82, 2.24) is 10.2 Å². The summed E-state index contributed by atoms with van der Waals surface area (Å²) in [6.45, 7) is 6.15. The summed E-state index contributed by atoms with van der Waals surface area (Å²) in [7, 11) is 1.60. The lowest BCUT2D eigenvalue weighted by Gasteiger charge is -2.30. The van der Waals surface area contributed by atoms with E-state index in [0.717, 1.165) is 12.2 Å². The van der Waals surface area contributed by atoms with Gasteiger partial charge < -0.3 is 19.7 Å². The fraction of sp³-hybridized carbons (Fsp3) is 0.440. The number of nitrogens with one attached hydrogen (secondary N) is 1. The highest BCUT2D eigenvalue weighted by molar-refractivity contribution is 6.36. The molecule has 2 rings (SSSR count). The summed E-state index contributed by atoms with van der Waals surface area (Å²) in [5.41, 5.74) is 0.617. The molecule has 2 aromatic rings. The molecule has 0 heterocycles. The van der Waals surface area contributed by atoms with E-state index in [1.807, 2.05) is 38.1 Å². The van der Waals surface area contributed by atoms with E-state index < -0.39 is 6.04 Å². The van der Waals surface area contributed by atoms with Gasteiger partial charge in [0.1, 0.15) is 17.5 Å². The van der Waals surface area contributed by atoms with Crippen LogP contribution in [0.25, 0.3) is 0 Å². The third kappa shape index (κ3) is 8.13. The highest BCUT2D eigenvalue weighted by atomic mass is 35.5. The zero-order valence-electron chi connectivity index (χ0n) is 19.6. The van der Waals surface area contributed by atoms with Crippen molar-refractivity contribution in [3.05, 3.63) is 58.1 Å². The molecule has 2 amide bonds. The molecule has 2 aromatic carbocycles. The first kappa shape index (κ1) is 26.8. The number of hydrogen-bond acceptors (Lipinski definition) is 4. The van der Waals surface area contributed by atoms with E-state index in [2.05, 4.69) is 5.32 Å². The first-order valence-electron chi connectivity index (χ1n) is 11.1. The smallest absolute Gasteiger partial charge is 0.242 e. The number of amides is 2. The third-order valence-electron chi connectivity index (χ3n) is 5.42. The molecule has 0 aliphatic heterocycles. The van der Waals surface area contributed by atoms with Crippen molar-refractivity contribution in [3.8, 4) is 11.5 Å².